The molecular formula is C19H20FN3O5. The van der Waals surface area contributed by atoms with Crippen LogP contribution in [0.25, 0.3) is 0 Å². The number of hydrogen-bond acceptors (Lipinski definition) is 7. The third-order valence-corrected chi connectivity index (χ3v) is 4.08. The van der Waals surface area contributed by atoms with Crippen molar-refractivity contribution in [3.63, 3.8) is 0 Å². The van der Waals surface area contributed by atoms with E-state index in [2.05, 4.69) is 5.16 Å². The van der Waals surface area contributed by atoms with Gasteiger partial charge in [0.2, 0.25) is 0 Å². The van der Waals surface area contributed by atoms with Crippen molar-refractivity contribution < 1.29 is 23.6 Å². The second kappa shape index (κ2) is 9.65. The van der Waals surface area contributed by atoms with Gasteiger partial charge in [0.15, 0.2) is 6.61 Å². The van der Waals surface area contributed by atoms with Crippen molar-refractivity contribution in [3.05, 3.63) is 64.0 Å². The lowest BCUT2D eigenvalue weighted by molar-refractivity contribution is -0.384. The van der Waals surface area contributed by atoms with Gasteiger partial charge in [0.1, 0.15) is 23.9 Å². The molecule has 1 fully saturated rings. The third kappa shape index (κ3) is 5.40. The lowest BCUT2D eigenvalue weighted by atomic mass is 10.1. The number of anilines is 1. The lowest BCUT2D eigenvalue weighted by Gasteiger charge is -2.28. The summed E-state index contributed by atoms with van der Waals surface area (Å²) >= 11 is 0. The molecule has 0 radical (unpaired) electrons. The predicted octanol–water partition coefficient (Wildman–Crippen LogP) is 3.00. The molecule has 9 heteroatoms. The molecule has 0 bridgehead atoms. The van der Waals surface area contributed by atoms with Crippen molar-refractivity contribution in [3.8, 4) is 5.75 Å². The number of nitro groups is 1. The van der Waals surface area contributed by atoms with Crippen LogP contribution in [0.15, 0.2) is 47.6 Å². The number of oxime groups is 1. The van der Waals surface area contributed by atoms with Crippen molar-refractivity contribution >= 4 is 17.6 Å². The first-order valence-electron chi connectivity index (χ1n) is 8.78. The predicted molar refractivity (Wildman–Crippen MR) is 102 cm³/mol. The van der Waals surface area contributed by atoms with Gasteiger partial charge in [0, 0.05) is 24.7 Å². The Hall–Kier alpha value is -3.20. The number of ether oxygens (including phenoxy) is 2. The van der Waals surface area contributed by atoms with Gasteiger partial charge in [-0.3, -0.25) is 10.1 Å². The number of benzene rings is 2. The largest absolute Gasteiger partial charge is 0.490 e. The molecule has 1 aliphatic rings. The maximum absolute atomic E-state index is 12.8. The zero-order valence-corrected chi connectivity index (χ0v) is 15.1. The molecule has 2 aromatic rings. The molecule has 1 saturated heterocycles. The topological polar surface area (TPSA) is 86.4 Å². The molecule has 148 valence electrons. The molecule has 0 atom stereocenters. The summed E-state index contributed by atoms with van der Waals surface area (Å²) in [5.41, 5.74) is 1.15. The van der Waals surface area contributed by atoms with Crippen LogP contribution in [-0.4, -0.2) is 50.7 Å². The molecule has 1 aliphatic heterocycles. The Kier molecular flexibility index (Phi) is 6.74. The van der Waals surface area contributed by atoms with Crippen molar-refractivity contribution in [1.29, 1.82) is 0 Å². The molecule has 0 amide bonds. The number of halogens is 1. The zero-order chi connectivity index (χ0) is 19.8. The molecule has 1 heterocycles. The van der Waals surface area contributed by atoms with Gasteiger partial charge in [-0.2, -0.15) is 0 Å². The van der Waals surface area contributed by atoms with E-state index in [9.17, 15) is 14.5 Å². The minimum absolute atomic E-state index is 0.0190. The molecule has 0 spiro atoms. The van der Waals surface area contributed by atoms with E-state index in [1.54, 1.807) is 12.1 Å². The van der Waals surface area contributed by atoms with Gasteiger partial charge in [0.25, 0.3) is 5.69 Å². The summed E-state index contributed by atoms with van der Waals surface area (Å²) in [4.78, 5) is 18.1. The number of nitro benzene ring substituents is 1. The van der Waals surface area contributed by atoms with Crippen LogP contribution in [0.5, 0.6) is 5.75 Å². The normalized spacial score (nSPS) is 14.2. The molecule has 3 rings (SSSR count). The van der Waals surface area contributed by atoms with Gasteiger partial charge in [0.05, 0.1) is 24.4 Å². The van der Waals surface area contributed by atoms with Gasteiger partial charge < -0.3 is 19.2 Å². The molecule has 0 unspecified atom stereocenters. The number of morpholine rings is 1. The molecule has 0 saturated carbocycles. The Labute approximate surface area is 161 Å². The van der Waals surface area contributed by atoms with Crippen LogP contribution in [0.2, 0.25) is 0 Å². The summed E-state index contributed by atoms with van der Waals surface area (Å²) in [6, 6.07) is 10.6. The monoisotopic (exact) mass is 389 g/mol. The van der Waals surface area contributed by atoms with E-state index < -0.39 is 4.92 Å². The Morgan fingerprint density at radius 1 is 1.18 bits per heavy atom. The SMILES string of the molecule is O=[N+]([O-])c1cc(/C=N\OCCOc2ccc(F)cc2)ccc1N1CCOCC1. The van der Waals surface area contributed by atoms with Crippen molar-refractivity contribution in [2.24, 2.45) is 5.16 Å². The highest BCUT2D eigenvalue weighted by molar-refractivity contribution is 5.82. The van der Waals surface area contributed by atoms with Crippen molar-refractivity contribution in [1.82, 2.24) is 0 Å². The van der Waals surface area contributed by atoms with E-state index >= 15 is 0 Å². The maximum Gasteiger partial charge on any atom is 0.293 e. The van der Waals surface area contributed by atoms with Gasteiger partial charge in [-0.15, -0.1) is 0 Å². The minimum Gasteiger partial charge on any atom is -0.490 e. The number of nitrogens with zero attached hydrogens (tertiary/aromatic N) is 3. The van der Waals surface area contributed by atoms with Gasteiger partial charge in [-0.1, -0.05) is 11.2 Å². The fourth-order valence-electron chi connectivity index (χ4n) is 2.72. The first-order valence-corrected chi connectivity index (χ1v) is 8.78. The summed E-state index contributed by atoms with van der Waals surface area (Å²) < 4.78 is 23.5. The van der Waals surface area contributed by atoms with Crippen LogP contribution in [0.1, 0.15) is 5.56 Å². The highest BCUT2D eigenvalue weighted by Crippen LogP contribution is 2.29. The van der Waals surface area contributed by atoms with E-state index in [0.29, 0.717) is 43.3 Å². The highest BCUT2D eigenvalue weighted by Gasteiger charge is 2.21. The number of rotatable bonds is 8. The van der Waals surface area contributed by atoms with Crippen LogP contribution < -0.4 is 9.64 Å². The van der Waals surface area contributed by atoms with E-state index in [4.69, 9.17) is 14.3 Å². The summed E-state index contributed by atoms with van der Waals surface area (Å²) in [7, 11) is 0. The van der Waals surface area contributed by atoms with Gasteiger partial charge >= 0.3 is 0 Å². The van der Waals surface area contributed by atoms with Crippen molar-refractivity contribution in [2.75, 3.05) is 44.4 Å². The minimum atomic E-state index is -0.403. The molecule has 2 aromatic carbocycles. The summed E-state index contributed by atoms with van der Waals surface area (Å²) in [6.07, 6.45) is 1.41. The van der Waals surface area contributed by atoms with Crippen LogP contribution in [0.3, 0.4) is 0 Å². The average molecular weight is 389 g/mol. The van der Waals surface area contributed by atoms with Crippen LogP contribution in [-0.2, 0) is 9.57 Å². The van der Waals surface area contributed by atoms with Crippen LogP contribution >= 0.6 is 0 Å². The van der Waals surface area contributed by atoms with Crippen LogP contribution in [0.4, 0.5) is 15.8 Å². The standard InChI is InChI=1S/C19H20FN3O5/c20-16-2-4-17(5-3-16)27-11-12-28-21-14-15-1-6-18(19(13-15)23(24)25)22-7-9-26-10-8-22/h1-6,13-14H,7-12H2/b21-14-. The first-order chi connectivity index (χ1) is 13.6. The van der Waals surface area contributed by atoms with E-state index in [1.807, 2.05) is 4.90 Å². The fourth-order valence-corrected chi connectivity index (χ4v) is 2.72. The maximum atomic E-state index is 12.8. The Balaban J connectivity index is 1.52. The lowest BCUT2D eigenvalue weighted by Crippen LogP contribution is -2.36. The van der Waals surface area contributed by atoms with Gasteiger partial charge in [-0.25, -0.2) is 4.39 Å². The second-order valence-corrected chi connectivity index (χ2v) is 5.97. The Bertz CT molecular complexity index is 823. The Morgan fingerprint density at radius 3 is 2.64 bits per heavy atom. The molecule has 28 heavy (non-hydrogen) atoms. The average Bonchev–Trinajstić information content (AvgIpc) is 2.72. The fraction of sp³-hybridized carbons (Fsp3) is 0.316. The van der Waals surface area contributed by atoms with E-state index in [-0.39, 0.29) is 24.7 Å². The van der Waals surface area contributed by atoms with Crippen LogP contribution in [0, 0.1) is 15.9 Å². The molecule has 0 aromatic heterocycles. The molecule has 0 aliphatic carbocycles. The van der Waals surface area contributed by atoms with Gasteiger partial charge in [-0.05, 0) is 30.3 Å². The first kappa shape index (κ1) is 19.6. The molecule has 0 N–H and O–H groups in total. The Morgan fingerprint density at radius 2 is 1.93 bits per heavy atom. The third-order valence-electron chi connectivity index (χ3n) is 4.08. The highest BCUT2D eigenvalue weighted by atomic mass is 19.1. The summed E-state index contributed by atoms with van der Waals surface area (Å²) in [5.74, 6) is 0.199. The summed E-state index contributed by atoms with van der Waals surface area (Å²) in [5, 5.41) is 15.2. The number of hydrogen-bond donors (Lipinski definition) is 0. The molecule has 8 nitrogen and oxygen atoms in total. The second-order valence-electron chi connectivity index (χ2n) is 5.97. The smallest absolute Gasteiger partial charge is 0.293 e. The van der Waals surface area contributed by atoms with E-state index in [0.717, 1.165) is 0 Å². The van der Waals surface area contributed by atoms with Crippen molar-refractivity contribution in [2.45, 2.75) is 0 Å². The van der Waals surface area contributed by atoms with E-state index in [1.165, 1.54) is 36.5 Å². The zero-order valence-electron chi connectivity index (χ0n) is 15.1. The summed E-state index contributed by atoms with van der Waals surface area (Å²) in [6.45, 7) is 2.75. The quantitative estimate of drug-likeness (QED) is 0.299. The molecular weight excluding hydrogens is 369 g/mol.